The molecule has 1 aromatic carbocycles. The number of carbonyl (C=O) groups excluding carboxylic acids is 1. The van der Waals surface area contributed by atoms with E-state index in [0.29, 0.717) is 0 Å². The Morgan fingerprint density at radius 3 is 2.89 bits per heavy atom. The highest BCUT2D eigenvalue weighted by atomic mass is 16.5. The Morgan fingerprint density at radius 1 is 1.56 bits per heavy atom. The number of methoxy groups -OCH3 is 1. The lowest BCUT2D eigenvalue weighted by Gasteiger charge is -2.06. The maximum Gasteiger partial charge on any atom is 0.244 e. The molecule has 18 heavy (non-hydrogen) atoms. The van der Waals surface area contributed by atoms with Gasteiger partial charge in [0.05, 0.1) is 13.2 Å². The predicted octanol–water partition coefficient (Wildman–Crippen LogP) is 1.51. The van der Waals surface area contributed by atoms with Crippen LogP contribution in [0.25, 0.3) is 6.08 Å². The number of aliphatic hydroxyl groups excluding tert-OH is 1. The van der Waals surface area contributed by atoms with Crippen LogP contribution >= 0.6 is 0 Å². The molecule has 0 aromatic heterocycles. The Bertz CT molecular complexity index is 439. The molecule has 98 valence electrons. The Kier molecular flexibility index (Phi) is 5.39. The van der Waals surface area contributed by atoms with Gasteiger partial charge >= 0.3 is 0 Å². The number of hydrogen-bond acceptors (Lipinski definition) is 3. The van der Waals surface area contributed by atoms with Gasteiger partial charge in [0.2, 0.25) is 5.91 Å². The number of aliphatic hydroxyl groups is 1. The molecule has 0 aliphatic carbocycles. The number of nitrogens with one attached hydrogen (secondary N) is 1. The van der Waals surface area contributed by atoms with E-state index < -0.39 is 6.10 Å². The highest BCUT2D eigenvalue weighted by Gasteiger charge is 2.02. The van der Waals surface area contributed by atoms with Crippen LogP contribution in [0.3, 0.4) is 0 Å². The second kappa shape index (κ2) is 6.81. The molecule has 4 heteroatoms. The van der Waals surface area contributed by atoms with Crippen LogP contribution in [0.4, 0.5) is 0 Å². The number of amides is 1. The number of aryl methyl sites for hydroxylation is 1. The summed E-state index contributed by atoms with van der Waals surface area (Å²) in [4.78, 5) is 11.5. The van der Waals surface area contributed by atoms with E-state index in [9.17, 15) is 4.79 Å². The molecule has 0 aliphatic heterocycles. The van der Waals surface area contributed by atoms with Crippen molar-refractivity contribution in [2.75, 3.05) is 13.7 Å². The predicted molar refractivity (Wildman–Crippen MR) is 71.5 cm³/mol. The van der Waals surface area contributed by atoms with E-state index in [1.807, 2.05) is 25.1 Å². The number of hydrogen-bond donors (Lipinski definition) is 2. The van der Waals surface area contributed by atoms with Crippen molar-refractivity contribution >= 4 is 12.0 Å². The van der Waals surface area contributed by atoms with Crippen molar-refractivity contribution in [3.8, 4) is 5.75 Å². The standard InChI is InChI=1S/C14H19NO3/c1-10-4-6-13(18-3)12(8-10)5-7-14(17)15-9-11(2)16/h4-8,11,16H,9H2,1-3H3,(H,15,17)/b7-5+/t11-/m0/s1. The van der Waals surface area contributed by atoms with Crippen molar-refractivity contribution in [1.82, 2.24) is 5.32 Å². The minimum Gasteiger partial charge on any atom is -0.496 e. The Morgan fingerprint density at radius 2 is 2.28 bits per heavy atom. The fraction of sp³-hybridized carbons (Fsp3) is 0.357. The fourth-order valence-electron chi connectivity index (χ4n) is 1.46. The number of ether oxygens (including phenoxy) is 1. The highest BCUT2D eigenvalue weighted by molar-refractivity contribution is 5.92. The molecule has 1 aromatic rings. The van der Waals surface area contributed by atoms with Gasteiger partial charge in [-0.3, -0.25) is 4.79 Å². The molecule has 0 radical (unpaired) electrons. The molecule has 0 aliphatic rings. The molecular formula is C14H19NO3. The number of benzene rings is 1. The van der Waals surface area contributed by atoms with Crippen LogP contribution in [-0.2, 0) is 4.79 Å². The molecule has 0 bridgehead atoms. The van der Waals surface area contributed by atoms with Crippen LogP contribution in [-0.4, -0.2) is 30.8 Å². The molecule has 0 saturated heterocycles. The molecule has 0 heterocycles. The Hall–Kier alpha value is -1.81. The molecule has 1 rings (SSSR count). The van der Waals surface area contributed by atoms with E-state index in [2.05, 4.69) is 5.32 Å². The molecule has 0 unspecified atom stereocenters. The summed E-state index contributed by atoms with van der Waals surface area (Å²) in [5.74, 6) is 0.486. The molecular weight excluding hydrogens is 230 g/mol. The maximum atomic E-state index is 11.5. The van der Waals surface area contributed by atoms with Crippen molar-refractivity contribution in [2.24, 2.45) is 0 Å². The number of rotatable bonds is 5. The summed E-state index contributed by atoms with van der Waals surface area (Å²) in [6.45, 7) is 3.84. The van der Waals surface area contributed by atoms with Gasteiger partial charge in [-0.25, -0.2) is 0 Å². The van der Waals surface area contributed by atoms with Gasteiger partial charge in [-0.05, 0) is 32.1 Å². The summed E-state index contributed by atoms with van der Waals surface area (Å²) in [6.07, 6.45) is 2.58. The first kappa shape index (κ1) is 14.3. The monoisotopic (exact) mass is 249 g/mol. The van der Waals surface area contributed by atoms with E-state index in [1.165, 1.54) is 6.08 Å². The lowest BCUT2D eigenvalue weighted by atomic mass is 10.1. The third-order valence-corrected chi connectivity index (χ3v) is 2.37. The Labute approximate surface area is 107 Å². The minimum absolute atomic E-state index is 0.237. The molecule has 1 amide bonds. The van der Waals surface area contributed by atoms with Crippen molar-refractivity contribution in [3.63, 3.8) is 0 Å². The van der Waals surface area contributed by atoms with Gasteiger partial charge in [-0.15, -0.1) is 0 Å². The van der Waals surface area contributed by atoms with Gasteiger partial charge in [-0.1, -0.05) is 11.6 Å². The normalized spacial score (nSPS) is 12.4. The first-order valence-electron chi connectivity index (χ1n) is 5.81. The first-order valence-corrected chi connectivity index (χ1v) is 5.81. The largest absolute Gasteiger partial charge is 0.496 e. The van der Waals surface area contributed by atoms with Crippen molar-refractivity contribution in [2.45, 2.75) is 20.0 Å². The second-order valence-corrected chi connectivity index (χ2v) is 4.17. The summed E-state index contributed by atoms with van der Waals surface area (Å²) < 4.78 is 5.21. The SMILES string of the molecule is COc1ccc(C)cc1/C=C/C(=O)NC[C@H](C)O. The summed E-state index contributed by atoms with van der Waals surface area (Å²) in [7, 11) is 1.59. The number of carbonyl (C=O) groups is 1. The van der Waals surface area contributed by atoms with E-state index in [0.717, 1.165) is 16.9 Å². The molecule has 0 spiro atoms. The van der Waals surface area contributed by atoms with E-state index in [1.54, 1.807) is 20.1 Å². The maximum absolute atomic E-state index is 11.5. The third kappa shape index (κ3) is 4.59. The molecule has 0 saturated carbocycles. The van der Waals surface area contributed by atoms with E-state index >= 15 is 0 Å². The van der Waals surface area contributed by atoms with Gasteiger partial charge in [0.25, 0.3) is 0 Å². The average Bonchev–Trinajstić information content (AvgIpc) is 2.34. The Balaban J connectivity index is 2.71. The third-order valence-electron chi connectivity index (χ3n) is 2.37. The highest BCUT2D eigenvalue weighted by Crippen LogP contribution is 2.20. The van der Waals surface area contributed by atoms with E-state index in [-0.39, 0.29) is 12.5 Å². The van der Waals surface area contributed by atoms with E-state index in [4.69, 9.17) is 9.84 Å². The van der Waals surface area contributed by atoms with Crippen molar-refractivity contribution in [1.29, 1.82) is 0 Å². The lowest BCUT2D eigenvalue weighted by Crippen LogP contribution is -2.28. The quantitative estimate of drug-likeness (QED) is 0.778. The summed E-state index contributed by atoms with van der Waals surface area (Å²) >= 11 is 0. The van der Waals surface area contributed by atoms with Crippen LogP contribution in [0, 0.1) is 6.92 Å². The lowest BCUT2D eigenvalue weighted by molar-refractivity contribution is -0.116. The first-order chi connectivity index (χ1) is 8.52. The second-order valence-electron chi connectivity index (χ2n) is 4.17. The smallest absolute Gasteiger partial charge is 0.244 e. The van der Waals surface area contributed by atoms with Crippen LogP contribution in [0.15, 0.2) is 24.3 Å². The zero-order valence-electron chi connectivity index (χ0n) is 10.9. The molecule has 4 nitrogen and oxygen atoms in total. The van der Waals surface area contributed by atoms with Crippen LogP contribution in [0.2, 0.25) is 0 Å². The fourth-order valence-corrected chi connectivity index (χ4v) is 1.46. The van der Waals surface area contributed by atoms with Crippen molar-refractivity contribution < 1.29 is 14.6 Å². The topological polar surface area (TPSA) is 58.6 Å². The summed E-state index contributed by atoms with van der Waals surface area (Å²) in [5, 5.41) is 11.6. The zero-order chi connectivity index (χ0) is 13.5. The summed E-state index contributed by atoms with van der Waals surface area (Å²) in [5.41, 5.74) is 1.95. The van der Waals surface area contributed by atoms with Gasteiger partial charge in [0.15, 0.2) is 0 Å². The van der Waals surface area contributed by atoms with Gasteiger partial charge in [-0.2, -0.15) is 0 Å². The van der Waals surface area contributed by atoms with Gasteiger partial charge < -0.3 is 15.2 Å². The average molecular weight is 249 g/mol. The van der Waals surface area contributed by atoms with Gasteiger partial charge in [0, 0.05) is 18.2 Å². The minimum atomic E-state index is -0.546. The molecule has 1 atom stereocenters. The summed E-state index contributed by atoms with van der Waals surface area (Å²) in [6, 6.07) is 5.75. The van der Waals surface area contributed by atoms with Crippen LogP contribution in [0.5, 0.6) is 5.75 Å². The van der Waals surface area contributed by atoms with Gasteiger partial charge in [0.1, 0.15) is 5.75 Å². The van der Waals surface area contributed by atoms with Crippen molar-refractivity contribution in [3.05, 3.63) is 35.4 Å². The van der Waals surface area contributed by atoms with Crippen LogP contribution < -0.4 is 10.1 Å². The molecule has 2 N–H and O–H groups in total. The van der Waals surface area contributed by atoms with Crippen LogP contribution in [0.1, 0.15) is 18.1 Å². The molecule has 0 fully saturated rings. The zero-order valence-corrected chi connectivity index (χ0v) is 10.9.